The Bertz CT molecular complexity index is 629. The number of hydrogen-bond acceptors (Lipinski definition) is 4. The molecule has 7 heteroatoms. The second-order valence-electron chi connectivity index (χ2n) is 4.35. The molecule has 1 aromatic carbocycles. The summed E-state index contributed by atoms with van der Waals surface area (Å²) in [5, 5.41) is 2.86. The van der Waals surface area contributed by atoms with Crippen LogP contribution < -0.4 is 10.1 Å². The first-order valence-corrected chi connectivity index (χ1v) is 6.19. The fourth-order valence-electron chi connectivity index (χ4n) is 1.84. The predicted octanol–water partition coefficient (Wildman–Crippen LogP) is 3.42. The molecule has 0 aliphatic rings. The van der Waals surface area contributed by atoms with Gasteiger partial charge in [-0.1, -0.05) is 18.2 Å². The second-order valence-corrected chi connectivity index (χ2v) is 4.35. The van der Waals surface area contributed by atoms with Crippen molar-refractivity contribution in [1.29, 1.82) is 0 Å². The van der Waals surface area contributed by atoms with E-state index in [0.717, 1.165) is 11.6 Å². The fourth-order valence-corrected chi connectivity index (χ4v) is 1.84. The van der Waals surface area contributed by atoms with E-state index in [1.807, 2.05) is 18.2 Å². The molecular formula is C14H14F3N3O. The van der Waals surface area contributed by atoms with Crippen LogP contribution in [0.25, 0.3) is 0 Å². The van der Waals surface area contributed by atoms with Crippen molar-refractivity contribution in [1.82, 2.24) is 9.97 Å². The molecule has 2 aromatic rings. The number of hydrogen-bond donors (Lipinski definition) is 1. The van der Waals surface area contributed by atoms with Crippen molar-refractivity contribution in [3.63, 3.8) is 0 Å². The van der Waals surface area contributed by atoms with E-state index in [0.29, 0.717) is 12.3 Å². The van der Waals surface area contributed by atoms with Crippen LogP contribution in [0.1, 0.15) is 17.1 Å². The Labute approximate surface area is 120 Å². The van der Waals surface area contributed by atoms with Gasteiger partial charge >= 0.3 is 6.18 Å². The van der Waals surface area contributed by atoms with Crippen molar-refractivity contribution >= 4 is 5.82 Å². The summed E-state index contributed by atoms with van der Waals surface area (Å²) in [7, 11) is 1.54. The summed E-state index contributed by atoms with van der Waals surface area (Å²) in [4.78, 5) is 7.35. The highest BCUT2D eigenvalue weighted by Crippen LogP contribution is 2.29. The van der Waals surface area contributed by atoms with E-state index in [4.69, 9.17) is 4.74 Å². The zero-order valence-corrected chi connectivity index (χ0v) is 11.5. The van der Waals surface area contributed by atoms with Crippen LogP contribution in [-0.4, -0.2) is 17.1 Å². The minimum Gasteiger partial charge on any atom is -0.496 e. The number of nitrogens with one attached hydrogen (secondary N) is 1. The first kappa shape index (κ1) is 15.1. The van der Waals surface area contributed by atoms with E-state index in [1.165, 1.54) is 14.0 Å². The number of rotatable bonds is 4. The molecule has 112 valence electrons. The number of methoxy groups -OCH3 is 1. The van der Waals surface area contributed by atoms with Gasteiger partial charge in [0.15, 0.2) is 0 Å². The predicted molar refractivity (Wildman–Crippen MR) is 72.1 cm³/mol. The number of nitrogens with zero attached hydrogens (tertiary/aromatic N) is 2. The summed E-state index contributed by atoms with van der Waals surface area (Å²) >= 11 is 0. The monoisotopic (exact) mass is 297 g/mol. The number of anilines is 1. The topological polar surface area (TPSA) is 47.0 Å². The van der Waals surface area contributed by atoms with Crippen molar-refractivity contribution in [2.45, 2.75) is 19.6 Å². The van der Waals surface area contributed by atoms with E-state index >= 15 is 0 Å². The molecular weight excluding hydrogens is 283 g/mol. The van der Waals surface area contributed by atoms with Gasteiger partial charge in [0.25, 0.3) is 0 Å². The molecule has 4 nitrogen and oxygen atoms in total. The molecule has 21 heavy (non-hydrogen) atoms. The lowest BCUT2D eigenvalue weighted by Gasteiger charge is -2.12. The van der Waals surface area contributed by atoms with E-state index in [9.17, 15) is 13.2 Å². The van der Waals surface area contributed by atoms with Crippen LogP contribution in [0.4, 0.5) is 19.0 Å². The third kappa shape index (κ3) is 3.84. The van der Waals surface area contributed by atoms with Gasteiger partial charge in [0, 0.05) is 18.2 Å². The molecule has 0 spiro atoms. The lowest BCUT2D eigenvalue weighted by molar-refractivity contribution is -0.141. The van der Waals surface area contributed by atoms with Gasteiger partial charge in [0.2, 0.25) is 0 Å². The van der Waals surface area contributed by atoms with Crippen LogP contribution in [0.5, 0.6) is 5.75 Å². The summed E-state index contributed by atoms with van der Waals surface area (Å²) in [6.07, 6.45) is -4.49. The second kappa shape index (κ2) is 5.99. The summed E-state index contributed by atoms with van der Waals surface area (Å²) in [6, 6.07) is 8.14. The van der Waals surface area contributed by atoms with Crippen LogP contribution in [-0.2, 0) is 12.7 Å². The molecule has 2 rings (SSSR count). The number of alkyl halides is 3. The van der Waals surface area contributed by atoms with E-state index in [1.54, 1.807) is 6.07 Å². The number of aryl methyl sites for hydroxylation is 1. The SMILES string of the molecule is COc1ccccc1CNc1cc(C(F)(F)F)nc(C)n1. The average molecular weight is 297 g/mol. The Kier molecular flexibility index (Phi) is 4.30. The summed E-state index contributed by atoms with van der Waals surface area (Å²) < 4.78 is 43.3. The maximum atomic E-state index is 12.7. The van der Waals surface area contributed by atoms with E-state index in [-0.39, 0.29) is 11.6 Å². The van der Waals surface area contributed by atoms with Crippen LogP contribution in [0.15, 0.2) is 30.3 Å². The molecule has 0 amide bonds. The van der Waals surface area contributed by atoms with Crippen molar-refractivity contribution in [3.8, 4) is 5.75 Å². The Morgan fingerprint density at radius 2 is 1.90 bits per heavy atom. The maximum Gasteiger partial charge on any atom is 0.433 e. The lowest BCUT2D eigenvalue weighted by Crippen LogP contribution is -2.12. The number of aromatic nitrogens is 2. The van der Waals surface area contributed by atoms with Gasteiger partial charge in [-0.25, -0.2) is 9.97 Å². The van der Waals surface area contributed by atoms with Gasteiger partial charge in [-0.05, 0) is 13.0 Å². The number of benzene rings is 1. The zero-order valence-electron chi connectivity index (χ0n) is 11.5. The standard InChI is InChI=1S/C14H14F3N3O/c1-9-19-12(14(15,16)17)7-13(20-9)18-8-10-5-3-4-6-11(10)21-2/h3-7H,8H2,1-2H3,(H,18,19,20). The highest BCUT2D eigenvalue weighted by Gasteiger charge is 2.33. The normalized spacial score (nSPS) is 11.3. The summed E-state index contributed by atoms with van der Waals surface area (Å²) in [5.74, 6) is 0.847. The van der Waals surface area contributed by atoms with Crippen LogP contribution in [0.3, 0.4) is 0 Å². The maximum absolute atomic E-state index is 12.7. The van der Waals surface area contributed by atoms with Gasteiger partial charge in [-0.15, -0.1) is 0 Å². The van der Waals surface area contributed by atoms with Crippen molar-refractivity contribution in [2.24, 2.45) is 0 Å². The van der Waals surface area contributed by atoms with Gasteiger partial charge in [0.1, 0.15) is 23.1 Å². The minimum absolute atomic E-state index is 0.0624. The largest absolute Gasteiger partial charge is 0.496 e. The highest BCUT2D eigenvalue weighted by atomic mass is 19.4. The van der Waals surface area contributed by atoms with Crippen molar-refractivity contribution in [2.75, 3.05) is 12.4 Å². The Morgan fingerprint density at radius 1 is 1.19 bits per heavy atom. The quantitative estimate of drug-likeness (QED) is 0.939. The average Bonchev–Trinajstić information content (AvgIpc) is 2.44. The zero-order chi connectivity index (χ0) is 15.5. The third-order valence-corrected chi connectivity index (χ3v) is 2.78. The van der Waals surface area contributed by atoms with Crippen LogP contribution >= 0.6 is 0 Å². The van der Waals surface area contributed by atoms with E-state index < -0.39 is 11.9 Å². The summed E-state index contributed by atoms with van der Waals surface area (Å²) in [6.45, 7) is 1.72. The van der Waals surface area contributed by atoms with E-state index in [2.05, 4.69) is 15.3 Å². The van der Waals surface area contributed by atoms with Crippen LogP contribution in [0, 0.1) is 6.92 Å². The molecule has 0 bridgehead atoms. The molecule has 0 atom stereocenters. The molecule has 0 saturated carbocycles. The number of halogens is 3. The van der Waals surface area contributed by atoms with Crippen molar-refractivity contribution in [3.05, 3.63) is 47.4 Å². The van der Waals surface area contributed by atoms with Gasteiger partial charge in [0.05, 0.1) is 7.11 Å². The molecule has 0 aliphatic heterocycles. The fraction of sp³-hybridized carbons (Fsp3) is 0.286. The Balaban J connectivity index is 2.19. The van der Waals surface area contributed by atoms with Crippen molar-refractivity contribution < 1.29 is 17.9 Å². The smallest absolute Gasteiger partial charge is 0.433 e. The van der Waals surface area contributed by atoms with Gasteiger partial charge in [-0.3, -0.25) is 0 Å². The molecule has 0 unspecified atom stereocenters. The molecule has 0 fully saturated rings. The highest BCUT2D eigenvalue weighted by molar-refractivity contribution is 5.41. The first-order chi connectivity index (χ1) is 9.90. The first-order valence-electron chi connectivity index (χ1n) is 6.19. The molecule has 1 N–H and O–H groups in total. The van der Waals surface area contributed by atoms with Gasteiger partial charge < -0.3 is 10.1 Å². The number of para-hydroxylation sites is 1. The minimum atomic E-state index is -4.49. The molecule has 1 heterocycles. The molecule has 0 saturated heterocycles. The Morgan fingerprint density at radius 3 is 2.57 bits per heavy atom. The number of ether oxygens (including phenoxy) is 1. The lowest BCUT2D eigenvalue weighted by atomic mass is 10.2. The summed E-state index contributed by atoms with van der Waals surface area (Å²) in [5.41, 5.74) is -0.137. The van der Waals surface area contributed by atoms with Crippen LogP contribution in [0.2, 0.25) is 0 Å². The molecule has 1 aromatic heterocycles. The molecule has 0 radical (unpaired) electrons. The third-order valence-electron chi connectivity index (χ3n) is 2.78. The van der Waals surface area contributed by atoms with Gasteiger partial charge in [-0.2, -0.15) is 13.2 Å². The Hall–Kier alpha value is -2.31. The molecule has 0 aliphatic carbocycles.